The Hall–Kier alpha value is -3.38. The average molecular weight is 1570 g/mol. The number of aldehydes is 1. The number of ether oxygens (including phenoxy) is 15. The maximum Gasteiger partial charge on any atom is 0.335 e. The molecule has 0 aromatic carbocycles. The lowest BCUT2D eigenvalue weighted by molar-refractivity contribution is -0.391. The highest BCUT2D eigenvalue weighted by Gasteiger charge is 2.73. The van der Waals surface area contributed by atoms with Crippen LogP contribution in [-0.4, -0.2) is 351 Å². The molecule has 18 N–H and O–H groups in total. The van der Waals surface area contributed by atoms with E-state index in [1.165, 1.54) is 20.8 Å². The fraction of sp³-hybridized carbons (Fsp3) is 0.917. The molecule has 5 aliphatic carbocycles. The van der Waals surface area contributed by atoms with Crippen molar-refractivity contribution in [3.8, 4) is 0 Å². The van der Waals surface area contributed by atoms with Crippen LogP contribution in [0, 0.1) is 50.2 Å². The van der Waals surface area contributed by atoms with Crippen LogP contribution < -0.4 is 0 Å². The Morgan fingerprint density at radius 2 is 1.02 bits per heavy atom. The van der Waals surface area contributed by atoms with Gasteiger partial charge in [0.05, 0.1) is 55.8 Å². The number of hydrogen-bond donors (Lipinski definition) is 18. The largest absolute Gasteiger partial charge is 0.479 e. The number of aliphatic hydroxyl groups is 17. The molecule has 0 aromatic rings. The van der Waals surface area contributed by atoms with Crippen molar-refractivity contribution in [1.82, 2.24) is 0 Å². The van der Waals surface area contributed by atoms with E-state index in [0.717, 1.165) is 18.8 Å². The van der Waals surface area contributed by atoms with Gasteiger partial charge in [0.25, 0.3) is 0 Å². The van der Waals surface area contributed by atoms with Crippen molar-refractivity contribution in [3.63, 3.8) is 0 Å². The van der Waals surface area contributed by atoms with Crippen molar-refractivity contribution in [2.75, 3.05) is 19.8 Å². The Kier molecular flexibility index (Phi) is 24.9. The summed E-state index contributed by atoms with van der Waals surface area (Å²) in [6, 6.07) is 0. The van der Waals surface area contributed by atoms with E-state index in [2.05, 4.69) is 40.7 Å². The third kappa shape index (κ3) is 14.8. The second-order valence-corrected chi connectivity index (χ2v) is 34.1. The highest BCUT2D eigenvalue weighted by atomic mass is 16.8. The van der Waals surface area contributed by atoms with Gasteiger partial charge in [-0.25, -0.2) is 4.79 Å². The normalized spacial score (nSPS) is 54.1. The molecule has 0 radical (unpaired) electrons. The van der Waals surface area contributed by atoms with E-state index in [0.29, 0.717) is 38.5 Å². The molecule has 11 fully saturated rings. The van der Waals surface area contributed by atoms with Crippen molar-refractivity contribution in [2.45, 2.75) is 342 Å². The fourth-order valence-corrected chi connectivity index (χ4v) is 20.5. The zero-order chi connectivity index (χ0) is 79.8. The summed E-state index contributed by atoms with van der Waals surface area (Å²) in [5, 5.41) is 199. The summed E-state index contributed by atoms with van der Waals surface area (Å²) in [4.78, 5) is 56.7. The number of carbonyl (C=O) groups is 4. The number of carboxylic acid groups (broad SMARTS) is 1. The lowest BCUT2D eigenvalue weighted by Gasteiger charge is -2.71. The Morgan fingerprint density at radius 1 is 0.495 bits per heavy atom. The van der Waals surface area contributed by atoms with Crippen molar-refractivity contribution < 1.29 is 182 Å². The van der Waals surface area contributed by atoms with Gasteiger partial charge in [-0.15, -0.1) is 0 Å². The van der Waals surface area contributed by atoms with Crippen molar-refractivity contribution in [1.29, 1.82) is 0 Å². The molecule has 37 nitrogen and oxygen atoms in total. The Balaban J connectivity index is 0.848. The number of rotatable bonds is 18. The number of aliphatic hydroxyl groups excluding tert-OH is 17. The molecule has 7 saturated heterocycles. The molecule has 622 valence electrons. The first-order valence-corrected chi connectivity index (χ1v) is 37.8. The van der Waals surface area contributed by atoms with Crippen LogP contribution in [0.25, 0.3) is 0 Å². The van der Waals surface area contributed by atoms with Crippen LogP contribution in [0.3, 0.4) is 0 Å². The summed E-state index contributed by atoms with van der Waals surface area (Å²) in [6.07, 6.45) is -57.2. The van der Waals surface area contributed by atoms with E-state index in [1.807, 2.05) is 0 Å². The molecule has 12 aliphatic rings. The first kappa shape index (κ1) is 85.0. The van der Waals surface area contributed by atoms with Gasteiger partial charge in [0, 0.05) is 6.92 Å². The molecule has 7 aliphatic heterocycles. The summed E-state index contributed by atoms with van der Waals surface area (Å²) < 4.78 is 91.6. The first-order chi connectivity index (χ1) is 51.0. The zero-order valence-electron chi connectivity index (χ0n) is 62.4. The summed E-state index contributed by atoms with van der Waals surface area (Å²) in [7, 11) is 0. The second kappa shape index (κ2) is 31.9. The quantitative estimate of drug-likeness (QED) is 0.0264. The molecule has 7 heterocycles. The molecular formula is C72H112O37. The van der Waals surface area contributed by atoms with Crippen molar-refractivity contribution >= 4 is 24.2 Å². The van der Waals surface area contributed by atoms with Crippen LogP contribution in [0.15, 0.2) is 11.6 Å². The maximum absolute atomic E-state index is 16.3. The highest BCUT2D eigenvalue weighted by molar-refractivity contribution is 5.80. The number of hydrogen-bond acceptors (Lipinski definition) is 36. The maximum atomic E-state index is 16.3. The van der Waals surface area contributed by atoms with Gasteiger partial charge in [-0.2, -0.15) is 0 Å². The molecule has 12 rings (SSSR count). The van der Waals surface area contributed by atoms with Crippen LogP contribution >= 0.6 is 0 Å². The lowest BCUT2D eigenvalue weighted by atomic mass is 9.33. The van der Waals surface area contributed by atoms with E-state index >= 15 is 4.79 Å². The monoisotopic (exact) mass is 1570 g/mol. The molecule has 0 spiro atoms. The van der Waals surface area contributed by atoms with Gasteiger partial charge in [0.15, 0.2) is 56.1 Å². The minimum Gasteiger partial charge on any atom is -0.479 e. The molecule has 0 aromatic heterocycles. The van der Waals surface area contributed by atoms with E-state index in [1.54, 1.807) is 6.92 Å². The summed E-state index contributed by atoms with van der Waals surface area (Å²) >= 11 is 0. The number of fused-ring (bicyclic) bond motifs is 7. The van der Waals surface area contributed by atoms with Crippen LogP contribution in [-0.2, 0) is 90.2 Å². The van der Waals surface area contributed by atoms with E-state index in [4.69, 9.17) is 71.1 Å². The zero-order valence-corrected chi connectivity index (χ0v) is 62.4. The van der Waals surface area contributed by atoms with Gasteiger partial charge >= 0.3 is 17.9 Å². The minimum absolute atomic E-state index is 0.0125. The van der Waals surface area contributed by atoms with Gasteiger partial charge in [0.1, 0.15) is 134 Å². The number of esters is 2. The number of aliphatic carboxylic acids is 1. The number of carbonyl (C=O) groups excluding carboxylic acids is 3. The Bertz CT molecular complexity index is 3240. The van der Waals surface area contributed by atoms with E-state index < -0.39 is 297 Å². The molecule has 37 heteroatoms. The number of carboxylic acids is 1. The third-order valence-electron chi connectivity index (χ3n) is 27.1. The van der Waals surface area contributed by atoms with Crippen LogP contribution in [0.2, 0.25) is 0 Å². The standard InChI is InChI=1S/C72H112O37/c1-25-38(79)42(83)47(88)61(97-25)106-55-52(100-28(4)75)27(3)99-64(57(55)108-62-49(90)44(85)51(26(2)98-62)103-59-45(86)39(80)31(76)22-95-59)109-66(94)72-18-17-67(5,6)19-30(72)29-11-12-35-68(7)15-14-37(69(8,24-74)34(68)13-16-70(35,9)71(29,10)20-36(72)78)102-65-56(107-63-48(89)43(84)41(82)33(21-73)101-63)53(50(91)54(105-65)58(92)93)104-60-46(87)40(81)32(77)23-96-60/h11,24-27,30-57,59-65,73,76-91H,12-23H2,1-10H3,(H,92,93). The topological polar surface area (TPSA) is 571 Å². The SMILES string of the molecule is CC(=O)OC1C(C)OC(OC(=O)C23CCC(C)(C)CC2C2=CCC4C5(C)CCC(OC6OC(C(=O)O)C(O)C(OC7OCC(O)C(O)C7O)C6OC6OC(CO)C(O)C(O)C6O)C(C)(C=O)C5CCC4(C)C2(C)CC3O)C(OC2OC(C)C(OC3OCC(O)C(O)C3O)C(O)C2O)C1OC1OC(C)C(O)C(O)C1O. The minimum atomic E-state index is -2.24. The van der Waals surface area contributed by atoms with E-state index in [9.17, 15) is 106 Å². The predicted molar refractivity (Wildman–Crippen MR) is 356 cm³/mol. The molecule has 43 unspecified atom stereocenters. The molecule has 4 saturated carbocycles. The molecule has 0 amide bonds. The number of allylic oxidation sites excluding steroid dienone is 2. The first-order valence-electron chi connectivity index (χ1n) is 37.8. The molecule has 0 bridgehead atoms. The van der Waals surface area contributed by atoms with Gasteiger partial charge < -0.3 is 168 Å². The van der Waals surface area contributed by atoms with Crippen LogP contribution in [0.4, 0.5) is 0 Å². The smallest absolute Gasteiger partial charge is 0.335 e. The van der Waals surface area contributed by atoms with Crippen molar-refractivity contribution in [3.05, 3.63) is 11.6 Å². The van der Waals surface area contributed by atoms with E-state index in [-0.39, 0.29) is 25.2 Å². The van der Waals surface area contributed by atoms with Crippen molar-refractivity contribution in [2.24, 2.45) is 50.2 Å². The highest BCUT2D eigenvalue weighted by Crippen LogP contribution is 2.76. The molecule has 43 atom stereocenters. The Labute approximate surface area is 628 Å². The molecular weight excluding hydrogens is 1460 g/mol. The third-order valence-corrected chi connectivity index (χ3v) is 27.1. The molecule has 109 heavy (non-hydrogen) atoms. The summed E-state index contributed by atoms with van der Waals surface area (Å²) in [5.41, 5.74) is -5.19. The van der Waals surface area contributed by atoms with Gasteiger partial charge in [-0.3, -0.25) is 9.59 Å². The fourth-order valence-electron chi connectivity index (χ4n) is 20.5. The second-order valence-electron chi connectivity index (χ2n) is 34.1. The van der Waals surface area contributed by atoms with Crippen LogP contribution in [0.1, 0.15) is 127 Å². The summed E-state index contributed by atoms with van der Waals surface area (Å²) in [6.45, 7) is 15.4. The summed E-state index contributed by atoms with van der Waals surface area (Å²) in [5.74, 6) is -5.15. The van der Waals surface area contributed by atoms with Gasteiger partial charge in [-0.1, -0.05) is 53.2 Å². The van der Waals surface area contributed by atoms with Gasteiger partial charge in [0.2, 0.25) is 6.29 Å². The average Bonchev–Trinajstić information content (AvgIpc) is 0.669. The van der Waals surface area contributed by atoms with Crippen LogP contribution in [0.5, 0.6) is 0 Å². The van der Waals surface area contributed by atoms with Gasteiger partial charge in [-0.05, 0) is 118 Å². The Morgan fingerprint density at radius 3 is 1.61 bits per heavy atom. The predicted octanol–water partition coefficient (Wildman–Crippen LogP) is -5.39. The lowest BCUT2D eigenvalue weighted by Crippen LogP contribution is -2.69.